The summed E-state index contributed by atoms with van der Waals surface area (Å²) in [4.78, 5) is 0. The van der Waals surface area contributed by atoms with Crippen LogP contribution in [0.1, 0.15) is 64.1 Å². The molecule has 19 heavy (non-hydrogen) atoms. The maximum atomic E-state index is 5.28. The van der Waals surface area contributed by atoms with Crippen LogP contribution in [0.4, 0.5) is 0 Å². The van der Waals surface area contributed by atoms with E-state index in [1.54, 1.807) is 6.26 Å². The van der Waals surface area contributed by atoms with Crippen molar-refractivity contribution in [1.29, 1.82) is 0 Å². The first kappa shape index (κ1) is 15.8. The number of unbranched alkanes of at least 4 members (excludes halogenated alkanes) is 7. The van der Waals surface area contributed by atoms with E-state index in [1.165, 1.54) is 51.4 Å². The van der Waals surface area contributed by atoms with Crippen molar-refractivity contribution in [2.24, 2.45) is 0 Å². The quantitative estimate of drug-likeness (QED) is 0.347. The molecule has 0 aliphatic heterocycles. The maximum absolute atomic E-state index is 5.28. The zero-order valence-corrected chi connectivity index (χ0v) is 12.3. The molecule has 106 valence electrons. The van der Waals surface area contributed by atoms with Gasteiger partial charge in [-0.05, 0) is 44.7 Å². The SMILES string of the molecule is C/C=C/CCCCCCCC/C=C/Cc1ccco1. The van der Waals surface area contributed by atoms with Gasteiger partial charge in [0.05, 0.1) is 6.26 Å². The monoisotopic (exact) mass is 260 g/mol. The fraction of sp³-hybridized carbons (Fsp3) is 0.556. The molecule has 0 unspecified atom stereocenters. The molecule has 1 aromatic heterocycles. The molecule has 1 aromatic rings. The van der Waals surface area contributed by atoms with E-state index in [-0.39, 0.29) is 0 Å². The molecule has 0 fully saturated rings. The smallest absolute Gasteiger partial charge is 0.107 e. The average Bonchev–Trinajstić information content (AvgIpc) is 2.93. The highest BCUT2D eigenvalue weighted by atomic mass is 16.3. The third-order valence-corrected chi connectivity index (χ3v) is 3.29. The van der Waals surface area contributed by atoms with Crippen molar-refractivity contribution in [3.63, 3.8) is 0 Å². The third kappa shape index (κ3) is 9.35. The van der Waals surface area contributed by atoms with Crippen LogP contribution in [0.5, 0.6) is 0 Å². The van der Waals surface area contributed by atoms with E-state index in [0.717, 1.165) is 12.2 Å². The van der Waals surface area contributed by atoms with E-state index >= 15 is 0 Å². The number of hydrogen-bond acceptors (Lipinski definition) is 1. The Labute approximate surface area is 118 Å². The van der Waals surface area contributed by atoms with Crippen LogP contribution in [0.25, 0.3) is 0 Å². The van der Waals surface area contributed by atoms with Crippen LogP contribution in [0.15, 0.2) is 47.1 Å². The number of hydrogen-bond donors (Lipinski definition) is 0. The number of allylic oxidation sites excluding steroid dienone is 4. The van der Waals surface area contributed by atoms with Crippen molar-refractivity contribution in [3.05, 3.63) is 48.5 Å². The highest BCUT2D eigenvalue weighted by Gasteiger charge is 1.91. The largest absolute Gasteiger partial charge is 0.469 e. The van der Waals surface area contributed by atoms with Crippen molar-refractivity contribution in [2.75, 3.05) is 0 Å². The van der Waals surface area contributed by atoms with E-state index in [1.807, 2.05) is 12.1 Å². The minimum absolute atomic E-state index is 0.929. The van der Waals surface area contributed by atoms with Gasteiger partial charge in [0.15, 0.2) is 0 Å². The summed E-state index contributed by atoms with van der Waals surface area (Å²) in [5, 5.41) is 0. The van der Waals surface area contributed by atoms with E-state index in [9.17, 15) is 0 Å². The summed E-state index contributed by atoms with van der Waals surface area (Å²) in [6, 6.07) is 3.97. The summed E-state index contributed by atoms with van der Waals surface area (Å²) >= 11 is 0. The first-order chi connectivity index (χ1) is 9.43. The molecule has 0 spiro atoms. The number of rotatable bonds is 11. The lowest BCUT2D eigenvalue weighted by molar-refractivity contribution is 0.522. The average molecular weight is 260 g/mol. The topological polar surface area (TPSA) is 13.1 Å². The molecule has 0 N–H and O–H groups in total. The zero-order chi connectivity index (χ0) is 13.6. The molecular weight excluding hydrogens is 232 g/mol. The van der Waals surface area contributed by atoms with Crippen LogP contribution in [0.2, 0.25) is 0 Å². The van der Waals surface area contributed by atoms with E-state index < -0.39 is 0 Å². The molecule has 0 saturated carbocycles. The molecule has 1 nitrogen and oxygen atoms in total. The van der Waals surface area contributed by atoms with Gasteiger partial charge in [-0.15, -0.1) is 0 Å². The Morgan fingerprint density at radius 2 is 1.58 bits per heavy atom. The van der Waals surface area contributed by atoms with Gasteiger partial charge in [-0.1, -0.05) is 50.0 Å². The summed E-state index contributed by atoms with van der Waals surface area (Å²) in [5.74, 6) is 1.05. The molecule has 0 saturated heterocycles. The van der Waals surface area contributed by atoms with Gasteiger partial charge < -0.3 is 4.42 Å². The third-order valence-electron chi connectivity index (χ3n) is 3.29. The Kier molecular flexibility index (Phi) is 9.85. The van der Waals surface area contributed by atoms with E-state index in [0.29, 0.717) is 0 Å². The molecule has 0 amide bonds. The van der Waals surface area contributed by atoms with Gasteiger partial charge >= 0.3 is 0 Å². The fourth-order valence-electron chi connectivity index (χ4n) is 2.14. The second-order valence-corrected chi connectivity index (χ2v) is 5.02. The van der Waals surface area contributed by atoms with Crippen LogP contribution < -0.4 is 0 Å². The van der Waals surface area contributed by atoms with Gasteiger partial charge in [0.1, 0.15) is 5.76 Å². The van der Waals surface area contributed by atoms with Gasteiger partial charge in [0, 0.05) is 6.42 Å². The summed E-state index contributed by atoms with van der Waals surface area (Å²) in [6.45, 7) is 2.10. The van der Waals surface area contributed by atoms with Gasteiger partial charge in [-0.2, -0.15) is 0 Å². The Morgan fingerprint density at radius 1 is 0.895 bits per heavy atom. The van der Waals surface area contributed by atoms with Crippen LogP contribution in [0, 0.1) is 0 Å². The Bertz CT molecular complexity index is 333. The minimum atomic E-state index is 0.929. The molecule has 0 aromatic carbocycles. The first-order valence-corrected chi connectivity index (χ1v) is 7.72. The van der Waals surface area contributed by atoms with Crippen molar-refractivity contribution in [3.8, 4) is 0 Å². The van der Waals surface area contributed by atoms with Crippen LogP contribution >= 0.6 is 0 Å². The Balaban J connectivity index is 1.82. The lowest BCUT2D eigenvalue weighted by Gasteiger charge is -1.99. The van der Waals surface area contributed by atoms with Crippen LogP contribution in [-0.4, -0.2) is 0 Å². The predicted molar refractivity (Wildman–Crippen MR) is 83.3 cm³/mol. The Hall–Kier alpha value is -1.24. The lowest BCUT2D eigenvalue weighted by Crippen LogP contribution is -1.80. The predicted octanol–water partition coefficient (Wildman–Crippen LogP) is 6.08. The van der Waals surface area contributed by atoms with Crippen molar-refractivity contribution in [1.82, 2.24) is 0 Å². The fourth-order valence-corrected chi connectivity index (χ4v) is 2.14. The van der Waals surface area contributed by atoms with Gasteiger partial charge in [0.2, 0.25) is 0 Å². The molecule has 0 radical (unpaired) electrons. The maximum Gasteiger partial charge on any atom is 0.107 e. The van der Waals surface area contributed by atoms with Gasteiger partial charge in [0.25, 0.3) is 0 Å². The molecule has 1 heteroatoms. The minimum Gasteiger partial charge on any atom is -0.469 e. The first-order valence-electron chi connectivity index (χ1n) is 7.72. The molecule has 0 bridgehead atoms. The summed E-state index contributed by atoms with van der Waals surface area (Å²) in [7, 11) is 0. The summed E-state index contributed by atoms with van der Waals surface area (Å²) in [5.41, 5.74) is 0. The van der Waals surface area contributed by atoms with Crippen molar-refractivity contribution < 1.29 is 4.42 Å². The van der Waals surface area contributed by atoms with Crippen molar-refractivity contribution >= 4 is 0 Å². The highest BCUT2D eigenvalue weighted by molar-refractivity contribution is 5.03. The number of furan rings is 1. The molecule has 1 rings (SSSR count). The van der Waals surface area contributed by atoms with E-state index in [4.69, 9.17) is 4.42 Å². The summed E-state index contributed by atoms with van der Waals surface area (Å²) in [6.07, 6.45) is 22.3. The zero-order valence-electron chi connectivity index (χ0n) is 12.3. The second kappa shape index (κ2) is 11.8. The standard InChI is InChI=1S/C18H28O/c1-2-3-4-5-6-7-8-9-10-11-12-13-15-18-16-14-17-19-18/h2-3,12-14,16-17H,4-11,15H2,1H3/b3-2+,13-12+. The molecule has 0 aliphatic carbocycles. The second-order valence-electron chi connectivity index (χ2n) is 5.02. The Morgan fingerprint density at radius 3 is 2.21 bits per heavy atom. The van der Waals surface area contributed by atoms with Crippen LogP contribution in [-0.2, 0) is 6.42 Å². The highest BCUT2D eigenvalue weighted by Crippen LogP contribution is 2.09. The molecular formula is C18H28O. The van der Waals surface area contributed by atoms with Gasteiger partial charge in [-0.25, -0.2) is 0 Å². The molecule has 0 atom stereocenters. The van der Waals surface area contributed by atoms with Crippen LogP contribution in [0.3, 0.4) is 0 Å². The molecule has 0 aliphatic rings. The normalized spacial score (nSPS) is 11.8. The summed E-state index contributed by atoms with van der Waals surface area (Å²) < 4.78 is 5.28. The lowest BCUT2D eigenvalue weighted by atomic mass is 10.1. The van der Waals surface area contributed by atoms with Gasteiger partial charge in [-0.3, -0.25) is 0 Å². The van der Waals surface area contributed by atoms with E-state index in [2.05, 4.69) is 31.2 Å². The van der Waals surface area contributed by atoms with Crippen molar-refractivity contribution in [2.45, 2.75) is 64.7 Å². The molecule has 1 heterocycles.